The second kappa shape index (κ2) is 4.88. The first-order valence-corrected chi connectivity index (χ1v) is 1.79. The van der Waals surface area contributed by atoms with Crippen LogP contribution in [0.15, 0.2) is 35.9 Å². The normalized spacial score (nSPS) is 8.57. The van der Waals surface area contributed by atoms with E-state index in [1.807, 2.05) is 0 Å². The quantitative estimate of drug-likeness (QED) is 0.417. The zero-order chi connectivity index (χ0) is 5.54. The van der Waals surface area contributed by atoms with Crippen LogP contribution in [0.2, 0.25) is 0 Å². The van der Waals surface area contributed by atoms with Crippen molar-refractivity contribution in [3.63, 3.8) is 0 Å². The van der Waals surface area contributed by atoms with E-state index >= 15 is 0 Å². The minimum absolute atomic E-state index is 1.33. The third-order valence-electron chi connectivity index (χ3n) is 0.288. The van der Waals surface area contributed by atoms with Crippen molar-refractivity contribution in [2.45, 2.75) is 0 Å². The van der Waals surface area contributed by atoms with Crippen molar-refractivity contribution in [2.24, 2.45) is 10.3 Å². The van der Waals surface area contributed by atoms with Crippen LogP contribution in [0, 0.1) is 0 Å². The van der Waals surface area contributed by atoms with Gasteiger partial charge in [0.25, 0.3) is 0 Å². The third-order valence-corrected chi connectivity index (χ3v) is 0.288. The molecule has 0 saturated carbocycles. The zero-order valence-electron chi connectivity index (χ0n) is 3.96. The van der Waals surface area contributed by atoms with E-state index in [-0.39, 0.29) is 0 Å². The van der Waals surface area contributed by atoms with E-state index in [2.05, 4.69) is 28.9 Å². The van der Waals surface area contributed by atoms with Crippen molar-refractivity contribution in [3.05, 3.63) is 25.6 Å². The molecule has 0 aliphatic carbocycles. The third kappa shape index (κ3) is 4.88. The molecule has 0 unspecified atom stereocenters. The number of nitrogens with one attached hydrogen (secondary N) is 1. The highest BCUT2D eigenvalue weighted by atomic mass is 15.4. The van der Waals surface area contributed by atoms with E-state index < -0.39 is 0 Å². The number of nitrogens with zero attached hydrogens (tertiary/aromatic N) is 2. The summed E-state index contributed by atoms with van der Waals surface area (Å²) in [4.78, 5) is 0. The Morgan fingerprint density at radius 3 is 2.57 bits per heavy atom. The first-order chi connectivity index (χ1) is 3.41. The molecule has 0 fully saturated rings. The first kappa shape index (κ1) is 5.88. The van der Waals surface area contributed by atoms with Gasteiger partial charge in [-0.15, -0.1) is 5.11 Å². The van der Waals surface area contributed by atoms with Gasteiger partial charge in [-0.05, 0) is 0 Å². The molecule has 0 radical (unpaired) electrons. The van der Waals surface area contributed by atoms with E-state index in [0.29, 0.717) is 0 Å². The van der Waals surface area contributed by atoms with Gasteiger partial charge >= 0.3 is 0 Å². The van der Waals surface area contributed by atoms with E-state index in [4.69, 9.17) is 0 Å². The first-order valence-electron chi connectivity index (χ1n) is 1.79. The lowest BCUT2D eigenvalue weighted by molar-refractivity contribution is 0.873. The lowest BCUT2D eigenvalue weighted by Gasteiger charge is -1.77. The molecule has 0 bridgehead atoms. The molecule has 0 aliphatic rings. The molecule has 0 saturated heterocycles. The van der Waals surface area contributed by atoms with Crippen LogP contribution in [0.25, 0.3) is 0 Å². The van der Waals surface area contributed by atoms with Crippen LogP contribution >= 0.6 is 0 Å². The smallest absolute Gasteiger partial charge is 0.0441 e. The summed E-state index contributed by atoms with van der Waals surface area (Å²) in [7, 11) is 0. The van der Waals surface area contributed by atoms with Gasteiger partial charge in [0, 0.05) is 12.4 Å². The summed E-state index contributed by atoms with van der Waals surface area (Å²) < 4.78 is 0. The topological polar surface area (TPSA) is 36.8 Å². The lowest BCUT2D eigenvalue weighted by Crippen LogP contribution is -1.86. The fourth-order valence-corrected chi connectivity index (χ4v) is 0.115. The molecule has 0 aliphatic heterocycles. The van der Waals surface area contributed by atoms with Gasteiger partial charge in [-0.3, -0.25) is 5.43 Å². The number of hydrogen-bond acceptors (Lipinski definition) is 2. The molecule has 1 N–H and O–H groups in total. The van der Waals surface area contributed by atoms with Crippen LogP contribution in [0.3, 0.4) is 0 Å². The van der Waals surface area contributed by atoms with E-state index in [1.54, 1.807) is 0 Å². The summed E-state index contributed by atoms with van der Waals surface area (Å²) in [5, 5.41) is 6.72. The minimum atomic E-state index is 1.33. The summed E-state index contributed by atoms with van der Waals surface area (Å²) in [6.07, 6.45) is 2.75. The van der Waals surface area contributed by atoms with Crippen LogP contribution in [0.4, 0.5) is 0 Å². The molecule has 0 spiro atoms. The van der Waals surface area contributed by atoms with Crippen molar-refractivity contribution < 1.29 is 0 Å². The molecule has 0 aromatic carbocycles. The molecule has 0 aromatic heterocycles. The maximum Gasteiger partial charge on any atom is 0.0441 e. The summed E-state index contributed by atoms with van der Waals surface area (Å²) in [5.41, 5.74) is 2.40. The Balaban J connectivity index is 3.08. The molecular weight excluding hydrogens is 90.1 g/mol. The van der Waals surface area contributed by atoms with Crippen LogP contribution in [0.5, 0.6) is 0 Å². The summed E-state index contributed by atoms with van der Waals surface area (Å²) >= 11 is 0. The predicted octanol–water partition coefficient (Wildman–Crippen LogP) is 1.23. The fraction of sp³-hybridized carbons (Fsp3) is 0. The van der Waals surface area contributed by atoms with Gasteiger partial charge < -0.3 is 0 Å². The van der Waals surface area contributed by atoms with Crippen LogP contribution in [-0.4, -0.2) is 0 Å². The van der Waals surface area contributed by atoms with Gasteiger partial charge in [0.05, 0.1) is 0 Å². The van der Waals surface area contributed by atoms with E-state index in [9.17, 15) is 0 Å². The average molecular weight is 97.1 g/mol. The second-order valence-electron chi connectivity index (χ2n) is 0.731. The molecular formula is C4H7N3. The van der Waals surface area contributed by atoms with Gasteiger partial charge in [-0.1, -0.05) is 18.4 Å². The molecule has 0 atom stereocenters. The minimum Gasteiger partial charge on any atom is -0.268 e. The Morgan fingerprint density at radius 1 is 1.43 bits per heavy atom. The summed E-state index contributed by atoms with van der Waals surface area (Å²) in [6, 6.07) is 0. The average Bonchev–Trinajstić information content (AvgIpc) is 1.69. The maximum atomic E-state index is 3.37. The number of hydrogen-bond donors (Lipinski definition) is 1. The molecule has 38 valence electrons. The molecule has 3 heteroatoms. The molecule has 0 heterocycles. The van der Waals surface area contributed by atoms with Crippen LogP contribution in [-0.2, 0) is 0 Å². The Labute approximate surface area is 42.4 Å². The largest absolute Gasteiger partial charge is 0.268 e. The molecule has 0 rings (SSSR count). The van der Waals surface area contributed by atoms with E-state index in [0.717, 1.165) is 0 Å². The lowest BCUT2D eigenvalue weighted by atomic mass is 11.1. The molecule has 0 amide bonds. The van der Waals surface area contributed by atoms with Crippen molar-refractivity contribution in [2.75, 3.05) is 0 Å². The second-order valence-corrected chi connectivity index (χ2v) is 0.731. The zero-order valence-corrected chi connectivity index (χ0v) is 3.96. The molecule has 3 nitrogen and oxygen atoms in total. The van der Waals surface area contributed by atoms with Crippen molar-refractivity contribution in [3.8, 4) is 0 Å². The SMILES string of the molecule is C=C/N=N\NC=C. The Bertz CT molecular complexity index is 84.9. The molecule has 7 heavy (non-hydrogen) atoms. The van der Waals surface area contributed by atoms with Gasteiger partial charge in [0.2, 0.25) is 0 Å². The van der Waals surface area contributed by atoms with Gasteiger partial charge in [0.15, 0.2) is 0 Å². The Kier molecular flexibility index (Phi) is 4.10. The monoisotopic (exact) mass is 97.1 g/mol. The summed E-state index contributed by atoms with van der Waals surface area (Å²) in [5.74, 6) is 0. The van der Waals surface area contributed by atoms with Crippen molar-refractivity contribution >= 4 is 0 Å². The fourth-order valence-electron chi connectivity index (χ4n) is 0.115. The maximum absolute atomic E-state index is 3.37. The standard InChI is InChI=1S/C4H7N3/c1-3-5-7-6-4-2/h3-4H,1-2H2,(H,5,6). The summed E-state index contributed by atoms with van der Waals surface area (Å²) in [6.45, 7) is 6.63. The van der Waals surface area contributed by atoms with Crippen molar-refractivity contribution in [1.82, 2.24) is 5.43 Å². The van der Waals surface area contributed by atoms with E-state index in [1.165, 1.54) is 12.4 Å². The Hall–Kier alpha value is -1.12. The Morgan fingerprint density at radius 2 is 2.14 bits per heavy atom. The van der Waals surface area contributed by atoms with Crippen molar-refractivity contribution in [1.29, 1.82) is 0 Å². The van der Waals surface area contributed by atoms with Gasteiger partial charge in [-0.2, -0.15) is 0 Å². The van der Waals surface area contributed by atoms with Crippen LogP contribution < -0.4 is 5.43 Å². The van der Waals surface area contributed by atoms with Gasteiger partial charge in [-0.25, -0.2) is 0 Å². The molecule has 0 aromatic rings. The predicted molar refractivity (Wildman–Crippen MR) is 28.4 cm³/mol. The van der Waals surface area contributed by atoms with Gasteiger partial charge in [0.1, 0.15) is 0 Å². The van der Waals surface area contributed by atoms with Crippen LogP contribution in [0.1, 0.15) is 0 Å². The number of rotatable bonds is 3. The highest BCUT2D eigenvalue weighted by molar-refractivity contribution is 4.60. The highest BCUT2D eigenvalue weighted by Gasteiger charge is 1.54. The highest BCUT2D eigenvalue weighted by Crippen LogP contribution is 1.66.